The lowest BCUT2D eigenvalue weighted by atomic mass is 9.79. The maximum Gasteiger partial charge on any atom is 0.0775 e. The molecule has 1 saturated carbocycles. The lowest BCUT2D eigenvalue weighted by molar-refractivity contribution is 0.133. The summed E-state index contributed by atoms with van der Waals surface area (Å²) in [4.78, 5) is 0. The topological polar surface area (TPSA) is 32.3 Å². The Balaban J connectivity index is 1.80. The van der Waals surface area contributed by atoms with E-state index in [-0.39, 0.29) is 0 Å². The molecule has 0 amide bonds. The molecule has 0 spiro atoms. The van der Waals surface area contributed by atoms with E-state index in [1.807, 2.05) is 0 Å². The fourth-order valence-electron chi connectivity index (χ4n) is 3.32. The number of aliphatic hydroxyl groups is 1. The second-order valence-electron chi connectivity index (χ2n) is 7.57. The fourth-order valence-corrected chi connectivity index (χ4v) is 4.48. The van der Waals surface area contributed by atoms with Gasteiger partial charge in [-0.15, -0.1) is 0 Å². The highest BCUT2D eigenvalue weighted by atomic mass is 28.3. The zero-order valence-electron chi connectivity index (χ0n) is 13.9. The van der Waals surface area contributed by atoms with E-state index in [0.29, 0.717) is 18.4 Å². The van der Waals surface area contributed by atoms with Gasteiger partial charge >= 0.3 is 0 Å². The van der Waals surface area contributed by atoms with Crippen molar-refractivity contribution in [1.82, 2.24) is 5.32 Å². The van der Waals surface area contributed by atoms with E-state index in [1.54, 1.807) is 0 Å². The van der Waals surface area contributed by atoms with Gasteiger partial charge in [-0.1, -0.05) is 61.9 Å². The van der Waals surface area contributed by atoms with Gasteiger partial charge in [0.15, 0.2) is 0 Å². The molecule has 2 unspecified atom stereocenters. The third kappa shape index (κ3) is 4.94. The molecule has 118 valence electrons. The van der Waals surface area contributed by atoms with E-state index in [0.717, 1.165) is 13.1 Å². The molecule has 0 bridgehead atoms. The van der Waals surface area contributed by atoms with E-state index in [9.17, 15) is 5.11 Å². The summed E-state index contributed by atoms with van der Waals surface area (Å²) in [6.45, 7) is 9.51. The van der Waals surface area contributed by atoms with Gasteiger partial charge in [-0.3, -0.25) is 0 Å². The van der Waals surface area contributed by atoms with Crippen LogP contribution < -0.4 is 10.5 Å². The molecule has 2 rings (SSSR count). The van der Waals surface area contributed by atoms with Crippen LogP contribution in [0.1, 0.15) is 31.2 Å². The maximum atomic E-state index is 9.46. The number of hydrogen-bond donors (Lipinski definition) is 2. The van der Waals surface area contributed by atoms with Crippen molar-refractivity contribution in [3.63, 3.8) is 0 Å². The van der Waals surface area contributed by atoms with Crippen LogP contribution in [0.4, 0.5) is 0 Å². The van der Waals surface area contributed by atoms with Crippen molar-refractivity contribution in [2.75, 3.05) is 13.2 Å². The van der Waals surface area contributed by atoms with Gasteiger partial charge in [-0.05, 0) is 36.8 Å². The summed E-state index contributed by atoms with van der Waals surface area (Å²) in [6, 6.07) is 9.15. The average Bonchev–Trinajstić information content (AvgIpc) is 2.47. The Morgan fingerprint density at radius 3 is 2.24 bits per heavy atom. The quantitative estimate of drug-likeness (QED) is 0.792. The van der Waals surface area contributed by atoms with Crippen LogP contribution in [-0.4, -0.2) is 26.3 Å². The highest BCUT2D eigenvalue weighted by molar-refractivity contribution is 6.88. The standard InChI is InChI=1S/C18H31NOSi/c1-21(2,3)18-10-8-15(9-11-18)12-19-13-16-6-4-5-7-17(16)14-20/h8-11,16-17,19-20H,4-7,12-14H2,1-3H3. The van der Waals surface area contributed by atoms with Crippen molar-refractivity contribution in [3.8, 4) is 0 Å². The number of aliphatic hydroxyl groups excluding tert-OH is 1. The van der Waals surface area contributed by atoms with Crippen LogP contribution in [0.25, 0.3) is 0 Å². The van der Waals surface area contributed by atoms with Crippen LogP contribution in [0.15, 0.2) is 24.3 Å². The molecular formula is C18H31NOSi. The molecule has 2 N–H and O–H groups in total. The van der Waals surface area contributed by atoms with Crippen molar-refractivity contribution in [2.45, 2.75) is 51.9 Å². The smallest absolute Gasteiger partial charge is 0.0775 e. The van der Waals surface area contributed by atoms with Crippen molar-refractivity contribution in [1.29, 1.82) is 0 Å². The fraction of sp³-hybridized carbons (Fsp3) is 0.667. The Morgan fingerprint density at radius 1 is 1.05 bits per heavy atom. The highest BCUT2D eigenvalue weighted by Crippen LogP contribution is 2.29. The zero-order chi connectivity index (χ0) is 15.3. The Labute approximate surface area is 131 Å². The zero-order valence-corrected chi connectivity index (χ0v) is 14.9. The van der Waals surface area contributed by atoms with Crippen molar-refractivity contribution in [3.05, 3.63) is 29.8 Å². The molecule has 1 aliphatic carbocycles. The molecule has 1 fully saturated rings. The molecule has 1 aromatic rings. The third-order valence-electron chi connectivity index (χ3n) is 4.86. The van der Waals surface area contributed by atoms with Crippen molar-refractivity contribution >= 4 is 13.3 Å². The lowest BCUT2D eigenvalue weighted by Gasteiger charge is -2.30. The summed E-state index contributed by atoms with van der Waals surface area (Å²) < 4.78 is 0. The number of benzene rings is 1. The average molecular weight is 306 g/mol. The molecule has 0 radical (unpaired) electrons. The molecule has 0 aliphatic heterocycles. The van der Waals surface area contributed by atoms with Gasteiger partial charge in [-0.2, -0.15) is 0 Å². The first kappa shape index (κ1) is 16.7. The molecule has 0 saturated heterocycles. The highest BCUT2D eigenvalue weighted by Gasteiger charge is 2.23. The number of nitrogens with one attached hydrogen (secondary N) is 1. The van der Waals surface area contributed by atoms with E-state index in [4.69, 9.17) is 0 Å². The minimum absolute atomic E-state index is 0.358. The summed E-state index contributed by atoms with van der Waals surface area (Å²) in [6.07, 6.45) is 5.09. The van der Waals surface area contributed by atoms with Crippen LogP contribution in [-0.2, 0) is 6.54 Å². The van der Waals surface area contributed by atoms with Crippen LogP contribution >= 0.6 is 0 Å². The Hall–Kier alpha value is -0.643. The Kier molecular flexibility index (Phi) is 6.03. The van der Waals surface area contributed by atoms with Gasteiger partial charge < -0.3 is 10.4 Å². The minimum Gasteiger partial charge on any atom is -0.396 e. The molecule has 1 aromatic carbocycles. The minimum atomic E-state index is -1.18. The van der Waals surface area contributed by atoms with E-state index < -0.39 is 8.07 Å². The van der Waals surface area contributed by atoms with E-state index >= 15 is 0 Å². The van der Waals surface area contributed by atoms with Gasteiger partial charge in [0, 0.05) is 13.2 Å². The third-order valence-corrected chi connectivity index (χ3v) is 6.92. The van der Waals surface area contributed by atoms with Gasteiger partial charge in [-0.25, -0.2) is 0 Å². The second kappa shape index (κ2) is 7.57. The van der Waals surface area contributed by atoms with Crippen molar-refractivity contribution < 1.29 is 5.11 Å². The van der Waals surface area contributed by atoms with Gasteiger partial charge in [0.2, 0.25) is 0 Å². The predicted octanol–water partition coefficient (Wildman–Crippen LogP) is 3.12. The summed E-state index contributed by atoms with van der Waals surface area (Å²) >= 11 is 0. The lowest BCUT2D eigenvalue weighted by Crippen LogP contribution is -2.37. The monoisotopic (exact) mass is 305 g/mol. The van der Waals surface area contributed by atoms with E-state index in [2.05, 4.69) is 49.2 Å². The summed E-state index contributed by atoms with van der Waals surface area (Å²) in [5.74, 6) is 1.17. The van der Waals surface area contributed by atoms with Crippen LogP contribution in [0, 0.1) is 11.8 Å². The van der Waals surface area contributed by atoms with Gasteiger partial charge in [0.1, 0.15) is 0 Å². The predicted molar refractivity (Wildman–Crippen MR) is 93.7 cm³/mol. The van der Waals surface area contributed by atoms with Crippen LogP contribution in [0.2, 0.25) is 19.6 Å². The Bertz CT molecular complexity index is 424. The molecular weight excluding hydrogens is 274 g/mol. The van der Waals surface area contributed by atoms with Crippen LogP contribution in [0.5, 0.6) is 0 Å². The first-order chi connectivity index (χ1) is 10.0. The second-order valence-corrected chi connectivity index (χ2v) is 12.6. The summed E-state index contributed by atoms with van der Waals surface area (Å²) in [5.41, 5.74) is 1.37. The molecule has 1 aliphatic rings. The SMILES string of the molecule is C[Si](C)(C)c1ccc(CNCC2CCCCC2CO)cc1. The first-order valence-corrected chi connectivity index (χ1v) is 11.9. The molecule has 0 heterocycles. The van der Waals surface area contributed by atoms with Crippen LogP contribution in [0.3, 0.4) is 0 Å². The molecule has 2 atom stereocenters. The molecule has 0 aromatic heterocycles. The largest absolute Gasteiger partial charge is 0.396 e. The summed E-state index contributed by atoms with van der Waals surface area (Å²) in [7, 11) is -1.18. The molecule has 3 heteroatoms. The molecule has 2 nitrogen and oxygen atoms in total. The maximum absolute atomic E-state index is 9.46. The summed E-state index contributed by atoms with van der Waals surface area (Å²) in [5, 5.41) is 14.6. The normalized spacial score (nSPS) is 23.2. The van der Waals surface area contributed by atoms with Crippen molar-refractivity contribution in [2.24, 2.45) is 11.8 Å². The number of rotatable bonds is 6. The molecule has 21 heavy (non-hydrogen) atoms. The first-order valence-electron chi connectivity index (χ1n) is 8.41. The van der Waals surface area contributed by atoms with Gasteiger partial charge in [0.05, 0.1) is 8.07 Å². The van der Waals surface area contributed by atoms with Gasteiger partial charge in [0.25, 0.3) is 0 Å². The number of hydrogen-bond acceptors (Lipinski definition) is 2. The van der Waals surface area contributed by atoms with E-state index in [1.165, 1.54) is 36.4 Å². The Morgan fingerprint density at radius 2 is 1.67 bits per heavy atom.